The quantitative estimate of drug-likeness (QED) is 0.386. The highest BCUT2D eigenvalue weighted by atomic mass is 35.5. The summed E-state index contributed by atoms with van der Waals surface area (Å²) in [5.74, 6) is -1.03. The monoisotopic (exact) mass is 477 g/mol. The normalized spacial score (nSPS) is 11.6. The van der Waals surface area contributed by atoms with Gasteiger partial charge >= 0.3 is 6.18 Å². The molecular weight excluding hydrogens is 462 g/mol. The molecule has 0 radical (unpaired) electrons. The van der Waals surface area contributed by atoms with Gasteiger partial charge < -0.3 is 5.32 Å². The number of hydrogen-bond acceptors (Lipinski definition) is 3. The Kier molecular flexibility index (Phi) is 5.94. The Bertz CT molecular complexity index is 1300. The number of rotatable bonds is 5. The Morgan fingerprint density at radius 3 is 2.36 bits per heavy atom. The van der Waals surface area contributed by atoms with Crippen molar-refractivity contribution in [3.8, 4) is 16.9 Å². The highest BCUT2D eigenvalue weighted by molar-refractivity contribution is 6.32. The molecule has 0 atom stereocenters. The lowest BCUT2D eigenvalue weighted by Crippen LogP contribution is -2.21. The van der Waals surface area contributed by atoms with Gasteiger partial charge in [-0.05, 0) is 31.2 Å². The van der Waals surface area contributed by atoms with Crippen LogP contribution in [0.5, 0.6) is 0 Å². The van der Waals surface area contributed by atoms with E-state index in [1.807, 2.05) is 6.07 Å². The molecule has 1 amide bonds. The molecule has 6 nitrogen and oxygen atoms in total. The Balaban J connectivity index is 1.66. The molecule has 11 heteroatoms. The largest absolute Gasteiger partial charge is 0.436 e. The van der Waals surface area contributed by atoms with Crippen molar-refractivity contribution in [2.45, 2.75) is 19.6 Å². The maximum absolute atomic E-state index is 13.4. The fourth-order valence-electron chi connectivity index (χ4n) is 3.28. The van der Waals surface area contributed by atoms with Gasteiger partial charge in [-0.15, -0.1) is 0 Å². The number of hydrogen-bond donors (Lipinski definition) is 1. The van der Waals surface area contributed by atoms with Crippen molar-refractivity contribution < 1.29 is 22.4 Å². The topological polar surface area (TPSA) is 64.7 Å². The number of anilines is 1. The van der Waals surface area contributed by atoms with Crippen molar-refractivity contribution in [1.82, 2.24) is 19.6 Å². The molecule has 170 valence electrons. The predicted molar refractivity (Wildman–Crippen MR) is 115 cm³/mol. The van der Waals surface area contributed by atoms with Gasteiger partial charge in [-0.3, -0.25) is 9.48 Å². The van der Waals surface area contributed by atoms with Gasteiger partial charge in [0.05, 0.1) is 34.0 Å². The number of aromatic nitrogens is 4. The van der Waals surface area contributed by atoms with E-state index >= 15 is 0 Å². The van der Waals surface area contributed by atoms with Crippen LogP contribution in [0.2, 0.25) is 5.02 Å². The zero-order chi connectivity index (χ0) is 23.8. The molecule has 0 spiro atoms. The average molecular weight is 478 g/mol. The second kappa shape index (κ2) is 8.70. The van der Waals surface area contributed by atoms with Gasteiger partial charge in [-0.2, -0.15) is 23.4 Å². The predicted octanol–water partition coefficient (Wildman–Crippen LogP) is 5.49. The van der Waals surface area contributed by atoms with Gasteiger partial charge in [0, 0.05) is 5.56 Å². The highest BCUT2D eigenvalue weighted by Gasteiger charge is 2.38. The van der Waals surface area contributed by atoms with Crippen LogP contribution < -0.4 is 5.32 Å². The maximum Gasteiger partial charge on any atom is 0.436 e. The summed E-state index contributed by atoms with van der Waals surface area (Å²) >= 11 is 5.75. The van der Waals surface area contributed by atoms with Crippen LogP contribution in [0.15, 0.2) is 60.8 Å². The SMILES string of the molecule is Cc1c(Cl)c(C(F)(F)F)nn1CC(=O)Nc1cnn(-c2ccc(F)cc2)c1-c1ccccc1. The molecule has 2 aromatic heterocycles. The van der Waals surface area contributed by atoms with Crippen molar-refractivity contribution in [2.75, 3.05) is 5.32 Å². The molecule has 0 fully saturated rings. The Morgan fingerprint density at radius 2 is 1.76 bits per heavy atom. The lowest BCUT2D eigenvalue weighted by molar-refractivity contribution is -0.141. The number of nitrogens with one attached hydrogen (secondary N) is 1. The van der Waals surface area contributed by atoms with E-state index in [2.05, 4.69) is 15.5 Å². The lowest BCUT2D eigenvalue weighted by atomic mass is 10.1. The van der Waals surface area contributed by atoms with Crippen molar-refractivity contribution in [3.63, 3.8) is 0 Å². The molecular formula is C22H16ClF4N5O. The summed E-state index contributed by atoms with van der Waals surface area (Å²) in [7, 11) is 0. The standard InChI is InChI=1S/C22H16ClF4N5O/c1-13-19(23)21(22(25,26)27)30-31(13)12-18(33)29-17-11-28-32(16-9-7-15(24)8-10-16)20(17)14-5-3-2-4-6-14/h2-11H,12H2,1H3,(H,29,33). The molecule has 1 N–H and O–H groups in total. The number of benzene rings is 2. The number of nitrogens with zero attached hydrogens (tertiary/aromatic N) is 4. The molecule has 2 aromatic carbocycles. The maximum atomic E-state index is 13.4. The number of carbonyl (C=O) groups is 1. The van der Waals surface area contributed by atoms with E-state index in [-0.39, 0.29) is 5.69 Å². The van der Waals surface area contributed by atoms with Gasteiger partial charge in [0.15, 0.2) is 5.69 Å². The van der Waals surface area contributed by atoms with Crippen molar-refractivity contribution in [2.24, 2.45) is 0 Å². The van der Waals surface area contributed by atoms with Gasteiger partial charge in [0.1, 0.15) is 12.4 Å². The van der Waals surface area contributed by atoms with Crippen LogP contribution in [0.1, 0.15) is 11.4 Å². The van der Waals surface area contributed by atoms with E-state index in [1.165, 1.54) is 42.1 Å². The van der Waals surface area contributed by atoms with E-state index in [0.29, 0.717) is 22.6 Å². The van der Waals surface area contributed by atoms with Gasteiger partial charge in [0.25, 0.3) is 0 Å². The Hall–Kier alpha value is -3.66. The molecule has 0 saturated heterocycles. The van der Waals surface area contributed by atoms with Crippen LogP contribution in [0.3, 0.4) is 0 Å². The zero-order valence-corrected chi connectivity index (χ0v) is 17.8. The first-order valence-electron chi connectivity index (χ1n) is 9.64. The first-order chi connectivity index (χ1) is 15.6. The average Bonchev–Trinajstić information content (AvgIpc) is 3.31. The molecule has 0 aliphatic rings. The minimum atomic E-state index is -4.74. The smallest absolute Gasteiger partial charge is 0.321 e. The summed E-state index contributed by atoms with van der Waals surface area (Å²) in [6.07, 6.45) is -3.33. The summed E-state index contributed by atoms with van der Waals surface area (Å²) in [6, 6.07) is 14.7. The summed E-state index contributed by atoms with van der Waals surface area (Å²) in [6.45, 7) is 0.859. The molecule has 0 bridgehead atoms. The summed E-state index contributed by atoms with van der Waals surface area (Å²) < 4.78 is 55.0. The number of alkyl halides is 3. The number of carbonyl (C=O) groups excluding carboxylic acids is 1. The third-order valence-corrected chi connectivity index (χ3v) is 5.31. The van der Waals surface area contributed by atoms with E-state index in [9.17, 15) is 22.4 Å². The fraction of sp³-hybridized carbons (Fsp3) is 0.136. The minimum absolute atomic E-state index is 0.0180. The zero-order valence-electron chi connectivity index (χ0n) is 17.1. The molecule has 4 rings (SSSR count). The summed E-state index contributed by atoms with van der Waals surface area (Å²) in [4.78, 5) is 12.7. The van der Waals surface area contributed by atoms with Gasteiger partial charge in [-0.25, -0.2) is 9.07 Å². The van der Waals surface area contributed by atoms with E-state index in [1.54, 1.807) is 24.3 Å². The van der Waals surface area contributed by atoms with Crippen LogP contribution in [-0.4, -0.2) is 25.5 Å². The third kappa shape index (κ3) is 4.61. The Labute approximate surface area is 190 Å². The Morgan fingerprint density at radius 1 is 1.09 bits per heavy atom. The van der Waals surface area contributed by atoms with E-state index < -0.39 is 35.2 Å². The molecule has 0 saturated carbocycles. The third-order valence-electron chi connectivity index (χ3n) is 4.86. The van der Waals surface area contributed by atoms with Gasteiger partial charge in [0.2, 0.25) is 5.91 Å². The molecule has 2 heterocycles. The molecule has 33 heavy (non-hydrogen) atoms. The van der Waals surface area contributed by atoms with Crippen LogP contribution in [0.4, 0.5) is 23.2 Å². The van der Waals surface area contributed by atoms with Gasteiger partial charge in [-0.1, -0.05) is 41.9 Å². The molecule has 0 unspecified atom stereocenters. The van der Waals surface area contributed by atoms with Crippen molar-refractivity contribution in [3.05, 3.63) is 83.0 Å². The summed E-state index contributed by atoms with van der Waals surface area (Å²) in [5, 5.41) is 9.87. The number of amides is 1. The first kappa shape index (κ1) is 22.5. The first-order valence-corrected chi connectivity index (χ1v) is 10.0. The van der Waals surface area contributed by atoms with Crippen LogP contribution in [-0.2, 0) is 17.5 Å². The fourth-order valence-corrected chi connectivity index (χ4v) is 3.52. The molecule has 4 aromatic rings. The highest BCUT2D eigenvalue weighted by Crippen LogP contribution is 2.35. The molecule has 0 aliphatic carbocycles. The second-order valence-corrected chi connectivity index (χ2v) is 7.49. The lowest BCUT2D eigenvalue weighted by Gasteiger charge is -2.11. The van der Waals surface area contributed by atoms with E-state index in [4.69, 9.17) is 11.6 Å². The summed E-state index contributed by atoms with van der Waals surface area (Å²) in [5.41, 5.74) is 0.879. The van der Waals surface area contributed by atoms with Crippen LogP contribution in [0.25, 0.3) is 16.9 Å². The van der Waals surface area contributed by atoms with Crippen LogP contribution >= 0.6 is 11.6 Å². The van der Waals surface area contributed by atoms with Crippen molar-refractivity contribution in [1.29, 1.82) is 0 Å². The minimum Gasteiger partial charge on any atom is -0.321 e. The van der Waals surface area contributed by atoms with Crippen molar-refractivity contribution >= 4 is 23.2 Å². The van der Waals surface area contributed by atoms with E-state index in [0.717, 1.165) is 4.68 Å². The van der Waals surface area contributed by atoms with Crippen LogP contribution in [0, 0.1) is 12.7 Å². The second-order valence-electron chi connectivity index (χ2n) is 7.11. The number of halogens is 5. The molecule has 0 aliphatic heterocycles.